The van der Waals surface area contributed by atoms with Crippen LogP contribution in [0.25, 0.3) is 6.08 Å². The first kappa shape index (κ1) is 20.2. The minimum atomic E-state index is -0.925. The Morgan fingerprint density at radius 2 is 1.63 bits per heavy atom. The average molecular weight is 437 g/mol. The predicted molar refractivity (Wildman–Crippen MR) is 116 cm³/mol. The Balaban J connectivity index is 1.61. The fourth-order valence-corrected chi connectivity index (χ4v) is 4.75. The summed E-state index contributed by atoms with van der Waals surface area (Å²) in [6.45, 7) is 0.238. The molecular weight excluding hydrogens is 422 g/mol. The molecule has 0 spiro atoms. The summed E-state index contributed by atoms with van der Waals surface area (Å²) in [6.07, 6.45) is 1.90. The molecule has 8 heteroatoms. The molecule has 2 aromatic carbocycles. The van der Waals surface area contributed by atoms with Crippen LogP contribution in [0.15, 0.2) is 47.4 Å². The van der Waals surface area contributed by atoms with Crippen molar-refractivity contribution >= 4 is 57.8 Å². The molecule has 4 rings (SSSR count). The highest BCUT2D eigenvalue weighted by molar-refractivity contribution is 8.26. The first-order valence-electron chi connectivity index (χ1n) is 9.16. The molecule has 1 saturated heterocycles. The molecule has 150 valence electrons. The zero-order chi connectivity index (χ0) is 21.4. The molecule has 2 aromatic rings. The molecule has 0 atom stereocenters. The summed E-state index contributed by atoms with van der Waals surface area (Å²) in [5.74, 6) is -1.64. The average Bonchev–Trinajstić information content (AvgIpc) is 2.99. The van der Waals surface area contributed by atoms with Crippen molar-refractivity contribution in [2.75, 3.05) is 6.54 Å². The zero-order valence-electron chi connectivity index (χ0n) is 15.6. The second-order valence-electron chi connectivity index (χ2n) is 6.84. The van der Waals surface area contributed by atoms with Crippen LogP contribution >= 0.6 is 24.0 Å². The highest BCUT2D eigenvalue weighted by atomic mass is 32.2. The molecule has 1 fully saturated rings. The van der Waals surface area contributed by atoms with E-state index in [4.69, 9.17) is 17.3 Å². The minimum Gasteiger partial charge on any atom is -0.481 e. The van der Waals surface area contributed by atoms with Crippen molar-refractivity contribution in [2.24, 2.45) is 0 Å². The first-order valence-corrected chi connectivity index (χ1v) is 10.4. The van der Waals surface area contributed by atoms with Gasteiger partial charge in [0.2, 0.25) is 0 Å². The second-order valence-corrected chi connectivity index (χ2v) is 8.52. The van der Waals surface area contributed by atoms with Crippen LogP contribution < -0.4 is 0 Å². The highest BCUT2D eigenvalue weighted by Gasteiger charge is 2.32. The third-order valence-corrected chi connectivity index (χ3v) is 6.27. The van der Waals surface area contributed by atoms with E-state index in [-0.39, 0.29) is 30.4 Å². The molecule has 0 unspecified atom stereocenters. The maximum Gasteiger partial charge on any atom is 0.303 e. The number of hydrogen-bond acceptors (Lipinski definition) is 6. The molecule has 2 aliphatic rings. The van der Waals surface area contributed by atoms with Crippen LogP contribution in [0.1, 0.15) is 50.2 Å². The molecule has 0 radical (unpaired) electrons. The van der Waals surface area contributed by atoms with Crippen LogP contribution in [-0.2, 0) is 9.59 Å². The summed E-state index contributed by atoms with van der Waals surface area (Å²) in [6, 6.07) is 11.6. The molecule has 0 aromatic heterocycles. The number of amides is 1. The molecular formula is C22H15NO5S2. The van der Waals surface area contributed by atoms with Gasteiger partial charge in [0.25, 0.3) is 5.91 Å². The van der Waals surface area contributed by atoms with Crippen molar-refractivity contribution in [3.8, 4) is 0 Å². The zero-order valence-corrected chi connectivity index (χ0v) is 17.2. The predicted octanol–water partition coefficient (Wildman–Crippen LogP) is 3.53. The van der Waals surface area contributed by atoms with Crippen molar-refractivity contribution in [1.82, 2.24) is 4.90 Å². The van der Waals surface area contributed by atoms with Crippen molar-refractivity contribution in [3.63, 3.8) is 0 Å². The van der Waals surface area contributed by atoms with Crippen LogP contribution in [0.2, 0.25) is 0 Å². The third kappa shape index (κ3) is 3.59. The van der Waals surface area contributed by atoms with E-state index in [0.29, 0.717) is 43.5 Å². The molecule has 1 heterocycles. The number of ketones is 2. The number of thioether (sulfide) groups is 1. The number of aliphatic carboxylic acids is 1. The van der Waals surface area contributed by atoms with Crippen molar-refractivity contribution < 1.29 is 24.3 Å². The van der Waals surface area contributed by atoms with Gasteiger partial charge >= 0.3 is 5.97 Å². The number of carbonyl (C=O) groups excluding carboxylic acids is 3. The van der Waals surface area contributed by atoms with E-state index in [0.717, 1.165) is 11.8 Å². The summed E-state index contributed by atoms with van der Waals surface area (Å²) >= 11 is 6.38. The molecule has 6 nitrogen and oxygen atoms in total. The normalized spacial score (nSPS) is 16.8. The third-order valence-electron chi connectivity index (χ3n) is 4.89. The number of benzene rings is 2. The lowest BCUT2D eigenvalue weighted by Gasteiger charge is -2.17. The Kier molecular flexibility index (Phi) is 5.36. The lowest BCUT2D eigenvalue weighted by molar-refractivity contribution is -0.137. The van der Waals surface area contributed by atoms with Gasteiger partial charge in [-0.15, -0.1) is 0 Å². The number of nitrogens with zero attached hydrogens (tertiary/aromatic N) is 1. The number of rotatable bonds is 5. The van der Waals surface area contributed by atoms with Crippen molar-refractivity contribution in [3.05, 3.63) is 75.2 Å². The van der Waals surface area contributed by atoms with Gasteiger partial charge in [-0.25, -0.2) is 0 Å². The van der Waals surface area contributed by atoms with Gasteiger partial charge in [-0.2, -0.15) is 0 Å². The van der Waals surface area contributed by atoms with Crippen molar-refractivity contribution in [1.29, 1.82) is 0 Å². The molecule has 0 saturated carbocycles. The molecule has 1 N–H and O–H groups in total. The second kappa shape index (κ2) is 7.97. The Morgan fingerprint density at radius 3 is 2.30 bits per heavy atom. The topological polar surface area (TPSA) is 91.8 Å². The minimum absolute atomic E-state index is 0.0431. The molecule has 1 aliphatic heterocycles. The molecule has 1 aliphatic carbocycles. The Bertz CT molecular complexity index is 1170. The lowest BCUT2D eigenvalue weighted by Crippen LogP contribution is -2.29. The Morgan fingerprint density at radius 1 is 1.00 bits per heavy atom. The van der Waals surface area contributed by atoms with E-state index in [2.05, 4.69) is 0 Å². The Hall–Kier alpha value is -3.10. The fraction of sp³-hybridized carbons (Fsp3) is 0.136. The number of fused-ring (bicyclic) bond motifs is 2. The maximum atomic E-state index is 12.9. The van der Waals surface area contributed by atoms with Crippen LogP contribution in [0.4, 0.5) is 0 Å². The van der Waals surface area contributed by atoms with E-state index < -0.39 is 5.97 Å². The van der Waals surface area contributed by atoms with Gasteiger partial charge in [-0.1, -0.05) is 54.3 Å². The summed E-state index contributed by atoms with van der Waals surface area (Å²) < 4.78 is 0.370. The van der Waals surface area contributed by atoms with Gasteiger partial charge in [0.15, 0.2) is 11.6 Å². The van der Waals surface area contributed by atoms with E-state index >= 15 is 0 Å². The number of thiocarbonyl (C=S) groups is 1. The lowest BCUT2D eigenvalue weighted by atomic mass is 9.83. The Labute approximate surface area is 181 Å². The van der Waals surface area contributed by atoms with Gasteiger partial charge in [0.1, 0.15) is 4.32 Å². The van der Waals surface area contributed by atoms with Crippen LogP contribution in [0.3, 0.4) is 0 Å². The summed E-state index contributed by atoms with van der Waals surface area (Å²) in [7, 11) is 0. The SMILES string of the molecule is O=C(O)CCCN1C(=O)C(=Cc2ccc3c(c2)C(=O)c2ccccc2C3=O)SC1=S. The van der Waals surface area contributed by atoms with Gasteiger partial charge in [0, 0.05) is 35.2 Å². The fourth-order valence-electron chi connectivity index (χ4n) is 3.44. The monoisotopic (exact) mass is 437 g/mol. The van der Waals surface area contributed by atoms with Crippen LogP contribution in [0, 0.1) is 0 Å². The highest BCUT2D eigenvalue weighted by Crippen LogP contribution is 2.34. The smallest absolute Gasteiger partial charge is 0.303 e. The van der Waals surface area contributed by atoms with E-state index in [1.165, 1.54) is 4.90 Å². The number of carboxylic acids is 1. The van der Waals surface area contributed by atoms with Crippen LogP contribution in [-0.4, -0.2) is 44.3 Å². The molecule has 1 amide bonds. The van der Waals surface area contributed by atoms with Crippen LogP contribution in [0.5, 0.6) is 0 Å². The van der Waals surface area contributed by atoms with E-state index in [1.54, 1.807) is 48.5 Å². The standard InChI is InChI=1S/C22H15NO5S2/c24-18(25)6-3-9-23-21(28)17(30-22(23)29)11-12-7-8-15-16(10-12)20(27)14-5-2-1-4-13(14)19(15)26/h1-2,4-5,7-8,10-11H,3,6,9H2,(H,24,25). The summed E-state index contributed by atoms with van der Waals surface area (Å²) in [5, 5.41) is 8.76. The number of carbonyl (C=O) groups is 4. The van der Waals surface area contributed by atoms with Gasteiger partial charge < -0.3 is 5.11 Å². The number of hydrogen-bond donors (Lipinski definition) is 1. The van der Waals surface area contributed by atoms with Gasteiger partial charge in [-0.3, -0.25) is 24.1 Å². The van der Waals surface area contributed by atoms with E-state index in [1.807, 2.05) is 0 Å². The van der Waals surface area contributed by atoms with Crippen molar-refractivity contribution in [2.45, 2.75) is 12.8 Å². The van der Waals surface area contributed by atoms with Gasteiger partial charge in [-0.05, 0) is 30.2 Å². The number of carboxylic acid groups (broad SMARTS) is 1. The molecule has 0 bridgehead atoms. The molecule has 30 heavy (non-hydrogen) atoms. The largest absolute Gasteiger partial charge is 0.481 e. The first-order chi connectivity index (χ1) is 14.4. The maximum absolute atomic E-state index is 12.9. The summed E-state index contributed by atoms with van der Waals surface area (Å²) in [4.78, 5) is 50.7. The summed E-state index contributed by atoms with van der Waals surface area (Å²) in [5.41, 5.74) is 2.03. The quantitative estimate of drug-likeness (QED) is 0.482. The van der Waals surface area contributed by atoms with E-state index in [9.17, 15) is 19.2 Å². The van der Waals surface area contributed by atoms with Gasteiger partial charge in [0.05, 0.1) is 4.91 Å².